The van der Waals surface area contributed by atoms with E-state index in [1.165, 1.54) is 6.07 Å². The van der Waals surface area contributed by atoms with Gasteiger partial charge in [-0.15, -0.1) is 4.40 Å². The Labute approximate surface area is 182 Å². The van der Waals surface area contributed by atoms with E-state index in [0.29, 0.717) is 35.7 Å². The first-order valence-electron chi connectivity index (χ1n) is 10.9. The van der Waals surface area contributed by atoms with E-state index in [4.69, 9.17) is 5.73 Å². The van der Waals surface area contributed by atoms with Crippen LogP contribution < -0.4 is 11.1 Å². The molecule has 0 saturated heterocycles. The van der Waals surface area contributed by atoms with E-state index in [1.807, 2.05) is 4.90 Å². The van der Waals surface area contributed by atoms with E-state index in [-0.39, 0.29) is 39.9 Å². The molecule has 4 N–H and O–H groups in total. The lowest BCUT2D eigenvalue weighted by Gasteiger charge is -2.44. The van der Waals surface area contributed by atoms with Crippen LogP contribution in [-0.4, -0.2) is 42.8 Å². The molecule has 4 aliphatic rings. The molecule has 2 aliphatic heterocycles. The van der Waals surface area contributed by atoms with Crippen molar-refractivity contribution in [1.82, 2.24) is 4.90 Å². The Hall–Kier alpha value is -2.55. The van der Waals surface area contributed by atoms with Crippen LogP contribution in [0.1, 0.15) is 39.5 Å². The van der Waals surface area contributed by atoms with Crippen molar-refractivity contribution < 1.29 is 18.3 Å². The first kappa shape index (κ1) is 20.4. The van der Waals surface area contributed by atoms with Gasteiger partial charge in [-0.3, -0.25) is 4.79 Å². The van der Waals surface area contributed by atoms with Crippen LogP contribution in [0.2, 0.25) is 0 Å². The number of nitrogens with one attached hydrogen (secondary N) is 1. The van der Waals surface area contributed by atoms with E-state index >= 15 is 0 Å². The molecule has 0 radical (unpaired) electrons. The Morgan fingerprint density at radius 2 is 2.03 bits per heavy atom. The zero-order valence-electron chi connectivity index (χ0n) is 17.7. The van der Waals surface area contributed by atoms with E-state index < -0.39 is 10.0 Å². The molecule has 2 bridgehead atoms. The summed E-state index contributed by atoms with van der Waals surface area (Å²) < 4.78 is 29.5. The number of anilines is 2. The minimum Gasteiger partial charge on any atom is -0.511 e. The molecule has 166 valence electrons. The fourth-order valence-corrected chi connectivity index (χ4v) is 6.96. The molecule has 1 aromatic carbocycles. The number of carbonyl (C=O) groups is 1. The maximum atomic E-state index is 13.6. The quantitative estimate of drug-likeness (QED) is 0.613. The van der Waals surface area contributed by atoms with Gasteiger partial charge in [-0.05, 0) is 61.6 Å². The van der Waals surface area contributed by atoms with Crippen molar-refractivity contribution in [2.45, 2.75) is 50.5 Å². The molecule has 31 heavy (non-hydrogen) atoms. The summed E-state index contributed by atoms with van der Waals surface area (Å²) in [7, 11) is -4.06. The number of nitrogens with zero attached hydrogens (tertiary/aromatic N) is 2. The number of amidine groups is 1. The van der Waals surface area contributed by atoms with Gasteiger partial charge in [0, 0.05) is 24.2 Å². The van der Waals surface area contributed by atoms with Crippen LogP contribution in [-0.2, 0) is 14.8 Å². The molecule has 0 aromatic heterocycles. The third-order valence-corrected chi connectivity index (χ3v) is 8.53. The molecule has 2 saturated carbocycles. The van der Waals surface area contributed by atoms with Crippen LogP contribution in [0.25, 0.3) is 0 Å². The van der Waals surface area contributed by atoms with Crippen molar-refractivity contribution in [2.24, 2.45) is 28.1 Å². The number of carbonyl (C=O) groups excluding carboxylic acids is 1. The summed E-state index contributed by atoms with van der Waals surface area (Å²) in [5.74, 6) is 0.525. The highest BCUT2D eigenvalue weighted by atomic mass is 32.2. The Morgan fingerprint density at radius 1 is 1.29 bits per heavy atom. The predicted molar refractivity (Wildman–Crippen MR) is 118 cm³/mol. The van der Waals surface area contributed by atoms with Crippen molar-refractivity contribution in [2.75, 3.05) is 17.6 Å². The van der Waals surface area contributed by atoms with Gasteiger partial charge in [0.15, 0.2) is 5.84 Å². The van der Waals surface area contributed by atoms with Crippen LogP contribution in [0.5, 0.6) is 0 Å². The molecule has 9 heteroatoms. The molecular formula is C22H28N4O4S. The fraction of sp³-hybridized carbons (Fsp3) is 0.545. The lowest BCUT2D eigenvalue weighted by Crippen LogP contribution is -2.54. The second-order valence-corrected chi connectivity index (χ2v) is 11.2. The fourth-order valence-electron chi connectivity index (χ4n) is 5.80. The summed E-state index contributed by atoms with van der Waals surface area (Å²) in [5.41, 5.74) is 6.34. The van der Waals surface area contributed by atoms with Gasteiger partial charge in [-0.2, -0.15) is 8.42 Å². The van der Waals surface area contributed by atoms with Crippen LogP contribution in [0.3, 0.4) is 0 Å². The third-order valence-electron chi connectivity index (χ3n) is 7.21. The Balaban J connectivity index is 1.60. The zero-order valence-corrected chi connectivity index (χ0v) is 18.5. The first-order chi connectivity index (χ1) is 14.7. The molecule has 2 heterocycles. The number of aliphatic hydroxyl groups is 1. The second kappa shape index (κ2) is 6.98. The second-order valence-electron chi connectivity index (χ2n) is 9.59. The van der Waals surface area contributed by atoms with E-state index in [9.17, 15) is 18.3 Å². The maximum absolute atomic E-state index is 13.6. The number of fused-ring (bicyclic) bond motifs is 6. The molecule has 0 unspecified atom stereocenters. The molecule has 1 aromatic rings. The number of nitrogen functional groups attached to an aromatic ring is 1. The number of nitrogens with two attached hydrogens (primary N) is 1. The lowest BCUT2D eigenvalue weighted by atomic mass is 9.77. The largest absolute Gasteiger partial charge is 0.511 e. The minimum absolute atomic E-state index is 0.0105. The predicted octanol–water partition coefficient (Wildman–Crippen LogP) is 2.90. The SMILES string of the molecule is CC(C)CCN1C(=O)C(C2=NS(=O)(=O)c3cc(N)ccc3N2)=C(O)[C@@H]2[C@H]3CC[C@H](C3)[C@@H]21. The molecule has 5 rings (SSSR count). The van der Waals surface area contributed by atoms with Gasteiger partial charge in [0.25, 0.3) is 15.9 Å². The summed E-state index contributed by atoms with van der Waals surface area (Å²) in [6.45, 7) is 4.82. The van der Waals surface area contributed by atoms with Crippen molar-refractivity contribution >= 4 is 33.1 Å². The van der Waals surface area contributed by atoms with E-state index in [1.54, 1.807) is 12.1 Å². The van der Waals surface area contributed by atoms with Gasteiger partial charge < -0.3 is 21.1 Å². The third kappa shape index (κ3) is 3.12. The molecule has 0 spiro atoms. The van der Waals surface area contributed by atoms with Crippen molar-refractivity contribution in [3.05, 3.63) is 29.5 Å². The van der Waals surface area contributed by atoms with Gasteiger partial charge in [0.05, 0.1) is 5.69 Å². The van der Waals surface area contributed by atoms with Gasteiger partial charge in [0.2, 0.25) is 0 Å². The Kier molecular flexibility index (Phi) is 4.58. The van der Waals surface area contributed by atoms with E-state index in [2.05, 4.69) is 23.6 Å². The van der Waals surface area contributed by atoms with Crippen molar-refractivity contribution in [1.29, 1.82) is 0 Å². The molecule has 1 amide bonds. The summed E-state index contributed by atoms with van der Waals surface area (Å²) >= 11 is 0. The van der Waals surface area contributed by atoms with Gasteiger partial charge >= 0.3 is 0 Å². The number of sulfonamides is 1. The molecular weight excluding hydrogens is 416 g/mol. The number of hydrogen-bond donors (Lipinski definition) is 3. The van der Waals surface area contributed by atoms with Crippen LogP contribution >= 0.6 is 0 Å². The number of amides is 1. The summed E-state index contributed by atoms with van der Waals surface area (Å²) in [4.78, 5) is 15.5. The first-order valence-corrected chi connectivity index (χ1v) is 12.4. The summed E-state index contributed by atoms with van der Waals surface area (Å²) in [6.07, 6.45) is 3.94. The highest BCUT2D eigenvalue weighted by Crippen LogP contribution is 2.55. The van der Waals surface area contributed by atoms with Crippen LogP contribution in [0, 0.1) is 23.7 Å². The summed E-state index contributed by atoms with van der Waals surface area (Å²) in [6, 6.07) is 4.47. The molecule has 2 fully saturated rings. The van der Waals surface area contributed by atoms with Crippen LogP contribution in [0.4, 0.5) is 11.4 Å². The molecule has 8 nitrogen and oxygen atoms in total. The topological polar surface area (TPSA) is 125 Å². The molecule has 2 aliphatic carbocycles. The number of aliphatic hydroxyl groups excluding tert-OH is 1. The minimum atomic E-state index is -4.06. The Morgan fingerprint density at radius 3 is 2.77 bits per heavy atom. The Bertz CT molecular complexity index is 1120. The lowest BCUT2D eigenvalue weighted by molar-refractivity contribution is -0.133. The van der Waals surface area contributed by atoms with Crippen LogP contribution in [0.15, 0.2) is 38.8 Å². The average molecular weight is 445 g/mol. The van der Waals surface area contributed by atoms with Crippen molar-refractivity contribution in [3.63, 3.8) is 0 Å². The highest BCUT2D eigenvalue weighted by molar-refractivity contribution is 7.90. The maximum Gasteiger partial charge on any atom is 0.286 e. The smallest absolute Gasteiger partial charge is 0.286 e. The average Bonchev–Trinajstić information content (AvgIpc) is 3.30. The standard InChI is InChI=1S/C22H28N4O4S/c1-11(2)7-8-26-19-13-4-3-12(9-13)17(19)20(27)18(22(26)28)21-24-15-6-5-14(23)10-16(15)31(29,30)25-21/h5-6,10-13,17,19,27H,3-4,7-9,23H2,1-2H3,(H,24,25)/t12-,13+,17+,19-/m0/s1. The normalized spacial score (nSPS) is 30.9. The monoisotopic (exact) mass is 444 g/mol. The number of benzene rings is 1. The highest BCUT2D eigenvalue weighted by Gasteiger charge is 2.57. The molecule has 4 atom stereocenters. The van der Waals surface area contributed by atoms with Gasteiger partial charge in [-0.1, -0.05) is 13.8 Å². The van der Waals surface area contributed by atoms with Crippen molar-refractivity contribution in [3.8, 4) is 0 Å². The van der Waals surface area contributed by atoms with E-state index in [0.717, 1.165) is 25.7 Å². The van der Waals surface area contributed by atoms with Gasteiger partial charge in [-0.25, -0.2) is 0 Å². The summed E-state index contributed by atoms with van der Waals surface area (Å²) in [5, 5.41) is 14.2. The number of hydrogen-bond acceptors (Lipinski definition) is 6. The zero-order chi connectivity index (χ0) is 22.1. The van der Waals surface area contributed by atoms with Gasteiger partial charge in [0.1, 0.15) is 16.2 Å². The number of rotatable bonds is 4.